The molecule has 3 heterocycles. The molecule has 0 aliphatic carbocycles. The van der Waals surface area contributed by atoms with Crippen LogP contribution in [0.2, 0.25) is 0 Å². The van der Waals surface area contributed by atoms with Gasteiger partial charge >= 0.3 is 17.9 Å². The van der Waals surface area contributed by atoms with Gasteiger partial charge < -0.3 is 18.9 Å². The van der Waals surface area contributed by atoms with Crippen LogP contribution in [0.25, 0.3) is 11.3 Å². The number of rotatable bonds is 8. The van der Waals surface area contributed by atoms with Crippen LogP contribution in [0.15, 0.2) is 41.6 Å². The normalized spacial score (nSPS) is 21.7. The van der Waals surface area contributed by atoms with Crippen LogP contribution in [0.1, 0.15) is 32.5 Å². The van der Waals surface area contributed by atoms with Crippen molar-refractivity contribution in [2.24, 2.45) is 0 Å². The Morgan fingerprint density at radius 1 is 1.05 bits per heavy atom. The third-order valence-electron chi connectivity index (χ3n) is 5.87. The van der Waals surface area contributed by atoms with Crippen molar-refractivity contribution in [2.45, 2.75) is 55.5 Å². The van der Waals surface area contributed by atoms with Gasteiger partial charge in [0, 0.05) is 37.4 Å². The van der Waals surface area contributed by atoms with Crippen LogP contribution < -0.4 is 0 Å². The summed E-state index contributed by atoms with van der Waals surface area (Å²) >= 11 is 1.05. The van der Waals surface area contributed by atoms with Gasteiger partial charge in [-0.2, -0.15) is 5.26 Å². The number of carbonyl (C=O) groups excluding carboxylic acids is 3. The van der Waals surface area contributed by atoms with Crippen molar-refractivity contribution in [2.75, 3.05) is 6.61 Å². The summed E-state index contributed by atoms with van der Waals surface area (Å²) in [4.78, 5) is 40.6. The molecule has 3 unspecified atom stereocenters. The fraction of sp³-hybridized carbons (Fsp3) is 0.346. The Kier molecular flexibility index (Phi) is 9.43. The zero-order chi connectivity index (χ0) is 30.6. The highest BCUT2D eigenvalue weighted by Crippen LogP contribution is 2.41. The van der Waals surface area contributed by atoms with Gasteiger partial charge in [-0.25, -0.2) is 22.8 Å². The molecule has 1 aliphatic heterocycles. The number of nitrogens with zero attached hydrogens (tertiary/aromatic N) is 5. The third kappa shape index (κ3) is 7.04. The summed E-state index contributed by atoms with van der Waals surface area (Å²) in [6, 6.07) is 5.23. The smallest absolute Gasteiger partial charge is 0.303 e. The number of nitriles is 1. The Bertz CT molecular complexity index is 1510. The quantitative estimate of drug-likeness (QED) is 0.210. The minimum atomic E-state index is -1.66. The molecule has 1 aliphatic rings. The minimum Gasteiger partial charge on any atom is -0.463 e. The van der Waals surface area contributed by atoms with E-state index in [0.29, 0.717) is 4.90 Å². The van der Waals surface area contributed by atoms with Crippen LogP contribution >= 0.6 is 11.8 Å². The predicted molar refractivity (Wildman–Crippen MR) is 136 cm³/mol. The Hall–Kier alpha value is -4.49. The molecule has 1 aromatic carbocycles. The molecule has 0 bridgehead atoms. The number of hydrogen-bond donors (Lipinski definition) is 0. The number of pyridine rings is 1. The van der Waals surface area contributed by atoms with E-state index in [0.717, 1.165) is 42.4 Å². The minimum absolute atomic E-state index is 0.0838. The summed E-state index contributed by atoms with van der Waals surface area (Å²) in [6.07, 6.45) is -0.998. The van der Waals surface area contributed by atoms with Gasteiger partial charge in [0.25, 0.3) is 0 Å². The van der Waals surface area contributed by atoms with Crippen molar-refractivity contribution in [1.82, 2.24) is 20.0 Å². The number of benzene rings is 1. The van der Waals surface area contributed by atoms with Gasteiger partial charge in [0.15, 0.2) is 29.7 Å². The number of ether oxygens (including phenoxy) is 4. The summed E-state index contributed by atoms with van der Waals surface area (Å²) < 4.78 is 65.1. The maximum atomic E-state index is 13.9. The van der Waals surface area contributed by atoms with Crippen molar-refractivity contribution >= 4 is 29.7 Å². The number of hydrogen-bond acceptors (Lipinski definition) is 12. The second-order valence-electron chi connectivity index (χ2n) is 8.93. The fourth-order valence-corrected chi connectivity index (χ4v) is 5.26. The molecule has 42 heavy (non-hydrogen) atoms. The van der Waals surface area contributed by atoms with E-state index in [1.807, 2.05) is 6.07 Å². The number of aromatic nitrogens is 4. The summed E-state index contributed by atoms with van der Waals surface area (Å²) in [6.45, 7) is 3.06. The van der Waals surface area contributed by atoms with E-state index in [-0.39, 0.29) is 23.6 Å². The Labute approximate surface area is 240 Å². The Morgan fingerprint density at radius 3 is 2.29 bits per heavy atom. The molecule has 0 amide bonds. The molecule has 0 radical (unpaired) electrons. The lowest BCUT2D eigenvalue weighted by Gasteiger charge is -2.44. The van der Waals surface area contributed by atoms with Crippen molar-refractivity contribution in [3.63, 3.8) is 0 Å². The summed E-state index contributed by atoms with van der Waals surface area (Å²) in [5.41, 5.74) is -1.12. The third-order valence-corrected chi connectivity index (χ3v) is 7.00. The summed E-state index contributed by atoms with van der Waals surface area (Å²) in [7, 11) is 0. The lowest BCUT2D eigenvalue weighted by molar-refractivity contribution is -0.212. The standard InChI is InChI=1S/C26H22F3N5O7S/c1-12(35)38-11-21-24(39-13(2)36)23(34-10-20(32-33-34)15-6-18(27)22(29)19(28)7-15)25(40-14(3)37)26(41-21)42-17-5-4-16(8-30)31-9-17/h4-7,9-10,21,23-26H,11H2,1-3H3/t21?,23?,24-,25?,26+/m0/s1. The molecular weight excluding hydrogens is 583 g/mol. The second kappa shape index (κ2) is 13.0. The van der Waals surface area contributed by atoms with Crippen molar-refractivity contribution < 1.29 is 46.5 Å². The molecule has 0 N–H and O–H groups in total. The summed E-state index contributed by atoms with van der Waals surface area (Å²) in [5.74, 6) is -6.70. The van der Waals surface area contributed by atoms with Crippen LogP contribution in [0.3, 0.4) is 0 Å². The van der Waals surface area contributed by atoms with E-state index in [1.165, 1.54) is 25.4 Å². The van der Waals surface area contributed by atoms with Crippen LogP contribution in [0.4, 0.5) is 13.2 Å². The fourth-order valence-electron chi connectivity index (χ4n) is 4.19. The van der Waals surface area contributed by atoms with Crippen LogP contribution in [0.5, 0.6) is 0 Å². The van der Waals surface area contributed by atoms with Gasteiger partial charge in [-0.3, -0.25) is 14.4 Å². The lowest BCUT2D eigenvalue weighted by atomic mass is 9.96. The van der Waals surface area contributed by atoms with E-state index in [9.17, 15) is 27.6 Å². The highest BCUT2D eigenvalue weighted by molar-refractivity contribution is 7.99. The number of carbonyl (C=O) groups is 3. The zero-order valence-corrected chi connectivity index (χ0v) is 23.0. The van der Waals surface area contributed by atoms with Crippen molar-refractivity contribution in [3.8, 4) is 17.3 Å². The molecule has 0 spiro atoms. The van der Waals surface area contributed by atoms with E-state index < -0.39 is 65.1 Å². The number of halogens is 3. The molecule has 1 saturated heterocycles. The molecule has 4 rings (SSSR count). The first-order valence-electron chi connectivity index (χ1n) is 12.2. The lowest BCUT2D eigenvalue weighted by Crippen LogP contribution is -2.57. The Morgan fingerprint density at radius 2 is 1.71 bits per heavy atom. The second-order valence-corrected chi connectivity index (χ2v) is 10.1. The van der Waals surface area contributed by atoms with Gasteiger partial charge in [0.2, 0.25) is 0 Å². The molecule has 3 aromatic rings. The predicted octanol–water partition coefficient (Wildman–Crippen LogP) is 3.11. The largest absolute Gasteiger partial charge is 0.463 e. The maximum Gasteiger partial charge on any atom is 0.303 e. The van der Waals surface area contributed by atoms with Crippen LogP contribution in [-0.4, -0.2) is 68.2 Å². The monoisotopic (exact) mass is 605 g/mol. The SMILES string of the molecule is CC(=O)OCC1O[C@H](Sc2ccc(C#N)nc2)C(OC(C)=O)C(n2cc(-c3cc(F)c(F)c(F)c3)nn2)[C@H]1OC(C)=O. The van der Waals surface area contributed by atoms with Crippen LogP contribution in [0, 0.1) is 28.8 Å². The van der Waals surface area contributed by atoms with E-state index in [1.54, 1.807) is 6.07 Å². The molecule has 5 atom stereocenters. The average Bonchev–Trinajstić information content (AvgIpc) is 3.41. The van der Waals surface area contributed by atoms with Gasteiger partial charge in [-0.05, 0) is 24.3 Å². The first-order chi connectivity index (χ1) is 20.0. The van der Waals surface area contributed by atoms with Gasteiger partial charge in [0.1, 0.15) is 41.6 Å². The molecule has 0 saturated carbocycles. The molecule has 2 aromatic heterocycles. The van der Waals surface area contributed by atoms with E-state index in [2.05, 4.69) is 15.3 Å². The molecule has 220 valence electrons. The summed E-state index contributed by atoms with van der Waals surface area (Å²) in [5, 5.41) is 17.0. The zero-order valence-electron chi connectivity index (χ0n) is 22.2. The van der Waals surface area contributed by atoms with Gasteiger partial charge in [-0.15, -0.1) is 5.10 Å². The highest BCUT2D eigenvalue weighted by atomic mass is 32.2. The van der Waals surface area contributed by atoms with E-state index >= 15 is 0 Å². The molecule has 1 fully saturated rings. The topological polar surface area (TPSA) is 156 Å². The van der Waals surface area contributed by atoms with Crippen molar-refractivity contribution in [1.29, 1.82) is 5.26 Å². The van der Waals surface area contributed by atoms with Crippen LogP contribution in [-0.2, 0) is 33.3 Å². The molecular formula is C26H22F3N5O7S. The highest BCUT2D eigenvalue weighted by Gasteiger charge is 2.52. The average molecular weight is 606 g/mol. The van der Waals surface area contributed by atoms with Gasteiger partial charge in [0.05, 0.1) is 6.20 Å². The van der Waals surface area contributed by atoms with Crippen molar-refractivity contribution in [3.05, 3.63) is 59.8 Å². The first kappa shape index (κ1) is 30.5. The molecule has 16 heteroatoms. The van der Waals surface area contributed by atoms with Gasteiger partial charge in [-0.1, -0.05) is 17.0 Å². The number of thioether (sulfide) groups is 1. The Balaban J connectivity index is 1.81. The van der Waals surface area contributed by atoms with E-state index in [4.69, 9.17) is 24.2 Å². The number of esters is 3. The first-order valence-corrected chi connectivity index (χ1v) is 13.1. The maximum absolute atomic E-state index is 13.9. The molecule has 12 nitrogen and oxygen atoms in total.